The molecule has 1 fully saturated rings. The van der Waals surface area contributed by atoms with Crippen LogP contribution in [0.4, 0.5) is 5.82 Å². The molecule has 5 unspecified atom stereocenters. The van der Waals surface area contributed by atoms with Gasteiger partial charge in [-0.15, -0.1) is 0 Å². The fraction of sp³-hybridized carbons (Fsp3) is 0.500. The molecule has 15 nitrogen and oxygen atoms in total. The van der Waals surface area contributed by atoms with E-state index in [1.54, 1.807) is 0 Å². The third-order valence-electron chi connectivity index (χ3n) is 3.61. The van der Waals surface area contributed by atoms with Crippen molar-refractivity contribution in [2.24, 2.45) is 0 Å². The Labute approximate surface area is 178 Å². The van der Waals surface area contributed by atoms with E-state index >= 15 is 0 Å². The number of imidazole rings is 1. The van der Waals surface area contributed by atoms with Gasteiger partial charge in [0.2, 0.25) is 0 Å². The molecule has 7 N–H and O–H groups in total. The van der Waals surface area contributed by atoms with Crippen LogP contribution in [0.15, 0.2) is 12.7 Å². The van der Waals surface area contributed by atoms with Gasteiger partial charge in [-0.25, -0.2) is 24.1 Å². The number of phosphoric ester groups is 1. The SMILES string of the molecule is Nc1ncnc2c1ncn2C1OC(COP(=O)(O)OP(=O)(O)O)C(O)C1O.[Na+]. The first kappa shape index (κ1) is 23.8. The van der Waals surface area contributed by atoms with Crippen molar-refractivity contribution in [1.82, 2.24) is 19.5 Å². The van der Waals surface area contributed by atoms with Crippen molar-refractivity contribution < 1.29 is 77.2 Å². The maximum atomic E-state index is 11.5. The molecule has 2 aromatic rings. The zero-order valence-corrected chi connectivity index (χ0v) is 18.0. The van der Waals surface area contributed by atoms with E-state index in [0.717, 1.165) is 6.33 Å². The van der Waals surface area contributed by atoms with Gasteiger partial charge in [-0.1, -0.05) is 0 Å². The summed E-state index contributed by atoms with van der Waals surface area (Å²) in [6.45, 7) is -0.813. The molecule has 1 aliphatic rings. The van der Waals surface area contributed by atoms with Crippen LogP contribution in [0.3, 0.4) is 0 Å². The van der Waals surface area contributed by atoms with Crippen LogP contribution >= 0.6 is 15.6 Å². The number of nitrogen functional groups attached to an aromatic ring is 1. The maximum absolute atomic E-state index is 11.5. The largest absolute Gasteiger partial charge is 1.00 e. The first-order chi connectivity index (χ1) is 12.5. The summed E-state index contributed by atoms with van der Waals surface area (Å²) in [6.07, 6.45) is -3.20. The van der Waals surface area contributed by atoms with Crippen LogP contribution in [0.1, 0.15) is 6.23 Å². The summed E-state index contributed by atoms with van der Waals surface area (Å²) in [4.78, 5) is 38.1. The van der Waals surface area contributed by atoms with Gasteiger partial charge in [0.1, 0.15) is 30.2 Å². The van der Waals surface area contributed by atoms with Gasteiger partial charge >= 0.3 is 45.2 Å². The molecule has 0 saturated carbocycles. The van der Waals surface area contributed by atoms with Crippen LogP contribution in [0.2, 0.25) is 0 Å². The van der Waals surface area contributed by atoms with Crippen molar-refractivity contribution in [3.63, 3.8) is 0 Å². The number of ether oxygens (including phenoxy) is 1. The minimum Gasteiger partial charge on any atom is -0.387 e. The summed E-state index contributed by atoms with van der Waals surface area (Å²) in [5.41, 5.74) is 6.11. The predicted octanol–water partition coefficient (Wildman–Crippen LogP) is -4.74. The van der Waals surface area contributed by atoms with Crippen LogP contribution in [0.25, 0.3) is 11.2 Å². The molecule has 1 saturated heterocycles. The number of rotatable bonds is 6. The molecule has 18 heteroatoms. The average Bonchev–Trinajstić information content (AvgIpc) is 3.07. The van der Waals surface area contributed by atoms with Crippen molar-refractivity contribution in [2.75, 3.05) is 12.3 Å². The molecule has 1 aliphatic heterocycles. The number of hydrogen-bond donors (Lipinski definition) is 6. The third-order valence-corrected chi connectivity index (χ3v) is 5.76. The van der Waals surface area contributed by atoms with Crippen molar-refractivity contribution in [2.45, 2.75) is 24.5 Å². The van der Waals surface area contributed by atoms with Crippen LogP contribution in [-0.2, 0) is 22.7 Å². The predicted molar refractivity (Wildman–Crippen MR) is 84.6 cm³/mol. The number of aliphatic hydroxyl groups excluding tert-OH is 2. The van der Waals surface area contributed by atoms with Gasteiger partial charge in [0.05, 0.1) is 12.9 Å². The second-order valence-electron chi connectivity index (χ2n) is 5.47. The number of hydrogen-bond acceptors (Lipinski definition) is 11. The first-order valence-corrected chi connectivity index (χ1v) is 10.2. The zero-order valence-electron chi connectivity index (χ0n) is 14.2. The minimum atomic E-state index is -5.29. The normalized spacial score (nSPS) is 27.5. The monoisotopic (exact) mass is 450 g/mol. The zero-order chi connectivity index (χ0) is 20.0. The first-order valence-electron chi connectivity index (χ1n) is 7.17. The van der Waals surface area contributed by atoms with E-state index in [4.69, 9.17) is 20.3 Å². The average molecular weight is 450 g/mol. The molecule has 2 aromatic heterocycles. The Balaban J connectivity index is 0.00000280. The van der Waals surface area contributed by atoms with E-state index in [9.17, 15) is 24.2 Å². The van der Waals surface area contributed by atoms with Gasteiger partial charge in [-0.05, 0) is 0 Å². The van der Waals surface area contributed by atoms with Crippen molar-refractivity contribution in [3.8, 4) is 0 Å². The molecule has 5 atom stereocenters. The smallest absolute Gasteiger partial charge is 0.387 e. The summed E-state index contributed by atoms with van der Waals surface area (Å²) in [6, 6.07) is 0. The molecule has 3 heterocycles. The summed E-state index contributed by atoms with van der Waals surface area (Å²) in [5, 5.41) is 20.3. The van der Waals surface area contributed by atoms with E-state index in [2.05, 4.69) is 23.8 Å². The molecule has 0 aromatic carbocycles. The van der Waals surface area contributed by atoms with Crippen LogP contribution in [0, 0.1) is 0 Å². The van der Waals surface area contributed by atoms with Crippen molar-refractivity contribution >= 4 is 32.6 Å². The summed E-state index contributed by atoms with van der Waals surface area (Å²) >= 11 is 0. The number of phosphoric acid groups is 2. The topological polar surface area (TPSA) is 233 Å². The minimum absolute atomic E-state index is 0. The Morgan fingerprint density at radius 1 is 1.18 bits per heavy atom. The van der Waals surface area contributed by atoms with Gasteiger partial charge in [-0.3, -0.25) is 9.09 Å². The van der Waals surface area contributed by atoms with Crippen LogP contribution in [-0.4, -0.2) is 69.3 Å². The number of fused-ring (bicyclic) bond motifs is 1. The molecule has 0 amide bonds. The Bertz CT molecular complexity index is 938. The summed E-state index contributed by atoms with van der Waals surface area (Å²) in [7, 11) is -10.4. The maximum Gasteiger partial charge on any atom is 1.00 e. The van der Waals surface area contributed by atoms with Crippen LogP contribution < -0.4 is 35.3 Å². The Kier molecular flexibility index (Phi) is 7.38. The molecule has 0 spiro atoms. The Morgan fingerprint density at radius 3 is 2.50 bits per heavy atom. The molecule has 0 bridgehead atoms. The fourth-order valence-electron chi connectivity index (χ4n) is 2.48. The molecule has 0 aliphatic carbocycles. The standard InChI is InChI=1S/C10H15N5O10P2.Na/c11-8-5-9(13-2-12-8)15(3-14-5)10-7(17)6(16)4(24-10)1-23-27(21,22)25-26(18,19)20;/h2-4,6-7,10,16-17H,1H2,(H,21,22)(H2,11,12,13)(H2,18,19,20);/q;+1. The molecular weight excluding hydrogens is 435 g/mol. The third kappa shape index (κ3) is 5.15. The van der Waals surface area contributed by atoms with Crippen LogP contribution in [0.5, 0.6) is 0 Å². The summed E-state index contributed by atoms with van der Waals surface area (Å²) in [5.74, 6) is 0.0856. The molecule has 28 heavy (non-hydrogen) atoms. The van der Waals surface area contributed by atoms with Crippen molar-refractivity contribution in [1.29, 1.82) is 0 Å². The Hall–Kier alpha value is -0.510. The molecule has 150 valence electrons. The van der Waals surface area contributed by atoms with E-state index in [1.165, 1.54) is 10.9 Å². The van der Waals surface area contributed by atoms with E-state index in [0.29, 0.717) is 0 Å². The molecule has 3 rings (SSSR count). The quantitative estimate of drug-likeness (QED) is 0.179. The number of anilines is 1. The number of aromatic nitrogens is 4. The molecular formula is C10H15N5NaO10P2+. The fourth-order valence-corrected chi connectivity index (χ4v) is 4.08. The number of aliphatic hydroxyl groups is 2. The van der Waals surface area contributed by atoms with Gasteiger partial charge in [0.15, 0.2) is 17.7 Å². The van der Waals surface area contributed by atoms with Gasteiger partial charge in [0.25, 0.3) is 0 Å². The van der Waals surface area contributed by atoms with Crippen molar-refractivity contribution in [3.05, 3.63) is 12.7 Å². The van der Waals surface area contributed by atoms with E-state index in [1.807, 2.05) is 0 Å². The van der Waals surface area contributed by atoms with Gasteiger partial charge < -0.3 is 35.4 Å². The van der Waals surface area contributed by atoms with E-state index < -0.39 is 46.8 Å². The van der Waals surface area contributed by atoms with Gasteiger partial charge in [0, 0.05) is 0 Å². The number of nitrogens with two attached hydrogens (primary N) is 1. The second kappa shape index (κ2) is 8.70. The second-order valence-corrected chi connectivity index (χ2v) is 8.30. The van der Waals surface area contributed by atoms with Gasteiger partial charge in [-0.2, -0.15) is 4.31 Å². The number of nitrogens with zero attached hydrogens (tertiary/aromatic N) is 4. The Morgan fingerprint density at radius 2 is 1.86 bits per heavy atom. The molecule has 0 radical (unpaired) electrons. The summed E-state index contributed by atoms with van der Waals surface area (Å²) < 4.78 is 36.8. The van der Waals surface area contributed by atoms with E-state index in [-0.39, 0.29) is 46.5 Å².